The van der Waals surface area contributed by atoms with Crippen molar-refractivity contribution in [2.24, 2.45) is 40.9 Å². The first kappa shape index (κ1) is 54.1. The van der Waals surface area contributed by atoms with Crippen LogP contribution in [0.1, 0.15) is 190 Å². The number of rotatable bonds is 33. The molecule has 5 fully saturated rings. The molecule has 0 aromatic heterocycles. The van der Waals surface area contributed by atoms with Crippen LogP contribution in [0.25, 0.3) is 0 Å². The summed E-state index contributed by atoms with van der Waals surface area (Å²) in [6.45, 7) is 15.4. The zero-order valence-electron chi connectivity index (χ0n) is 41.3. The molecule has 65 heavy (non-hydrogen) atoms. The van der Waals surface area contributed by atoms with E-state index in [2.05, 4.69) is 31.9 Å². The summed E-state index contributed by atoms with van der Waals surface area (Å²) in [6, 6.07) is -2.44. The summed E-state index contributed by atoms with van der Waals surface area (Å²) in [5.41, 5.74) is -0.616. The van der Waals surface area contributed by atoms with Gasteiger partial charge in [-0.1, -0.05) is 80.1 Å². The van der Waals surface area contributed by atoms with Crippen LogP contribution in [0, 0.1) is 40.9 Å². The van der Waals surface area contributed by atoms with Gasteiger partial charge >= 0.3 is 0 Å². The van der Waals surface area contributed by atoms with Crippen LogP contribution >= 0.6 is 0 Å². The highest BCUT2D eigenvalue weighted by Gasteiger charge is 2.52. The molecule has 5 rings (SSSR count). The molecular weight excluding hydrogens is 825 g/mol. The number of Topliss-reactive ketones (excluding diaryl/α,β-unsaturated/α-hetero) is 1. The molecule has 370 valence electrons. The van der Waals surface area contributed by atoms with Gasteiger partial charge in [0, 0.05) is 45.3 Å². The minimum absolute atomic E-state index is 0.00397. The number of hydrogen-bond donors (Lipinski definition) is 6. The molecule has 4 aliphatic carbocycles. The number of carbonyl (C=O) groups is 7. The van der Waals surface area contributed by atoms with Crippen molar-refractivity contribution in [1.29, 1.82) is 0 Å². The largest absolute Gasteiger partial charge is 0.361 e. The average Bonchev–Trinajstić information content (AvgIpc) is 4.03. The topological polar surface area (TPSA) is 204 Å². The molecule has 0 aromatic rings. The molecular formula is C51H88N6O8. The minimum Gasteiger partial charge on any atom is -0.361 e. The maximum atomic E-state index is 13.7. The van der Waals surface area contributed by atoms with Gasteiger partial charge < -0.3 is 36.6 Å². The molecule has 1 heterocycles. The van der Waals surface area contributed by atoms with Gasteiger partial charge in [0.2, 0.25) is 35.4 Å². The van der Waals surface area contributed by atoms with Crippen LogP contribution in [-0.2, 0) is 38.3 Å². The van der Waals surface area contributed by atoms with E-state index in [1.165, 1.54) is 38.5 Å². The van der Waals surface area contributed by atoms with Gasteiger partial charge in [-0.15, -0.1) is 0 Å². The Morgan fingerprint density at radius 1 is 0.508 bits per heavy atom. The van der Waals surface area contributed by atoms with E-state index in [1.807, 2.05) is 41.5 Å². The molecule has 6 amide bonds. The summed E-state index contributed by atoms with van der Waals surface area (Å²) >= 11 is 0. The van der Waals surface area contributed by atoms with Gasteiger partial charge in [-0.25, -0.2) is 0 Å². The molecule has 0 spiro atoms. The molecule has 0 radical (unpaired) electrons. The summed E-state index contributed by atoms with van der Waals surface area (Å²) in [4.78, 5) is 91.1. The van der Waals surface area contributed by atoms with Crippen LogP contribution in [-0.4, -0.2) is 91.2 Å². The van der Waals surface area contributed by atoms with Crippen LogP contribution < -0.4 is 31.9 Å². The fraction of sp³-hybridized carbons (Fsp3) is 0.863. The number of amides is 6. The van der Waals surface area contributed by atoms with Crippen molar-refractivity contribution in [3.05, 3.63) is 0 Å². The van der Waals surface area contributed by atoms with Gasteiger partial charge in [-0.05, 0) is 125 Å². The van der Waals surface area contributed by atoms with Crippen molar-refractivity contribution in [3.63, 3.8) is 0 Å². The number of carbonyl (C=O) groups excluding carboxylic acids is 7. The Bertz CT molecular complexity index is 1550. The zero-order valence-corrected chi connectivity index (χ0v) is 41.3. The molecule has 4 bridgehead atoms. The Labute approximate surface area is 391 Å². The van der Waals surface area contributed by atoms with Crippen LogP contribution in [0.2, 0.25) is 0 Å². The van der Waals surface area contributed by atoms with E-state index in [0.29, 0.717) is 71.2 Å². The molecule has 0 unspecified atom stereocenters. The average molecular weight is 913 g/mol. The van der Waals surface area contributed by atoms with E-state index in [1.54, 1.807) is 6.92 Å². The second-order valence-corrected chi connectivity index (χ2v) is 21.1. The van der Waals surface area contributed by atoms with Crippen LogP contribution in [0.15, 0.2) is 0 Å². The van der Waals surface area contributed by atoms with Crippen molar-refractivity contribution >= 4 is 41.2 Å². The third-order valence-corrected chi connectivity index (χ3v) is 15.4. The van der Waals surface area contributed by atoms with Crippen LogP contribution in [0.5, 0.6) is 0 Å². The Hall–Kier alpha value is -3.55. The fourth-order valence-electron chi connectivity index (χ4n) is 10.9. The predicted octanol–water partition coefficient (Wildman–Crippen LogP) is 6.57. The Morgan fingerprint density at radius 2 is 0.877 bits per heavy atom. The Morgan fingerprint density at radius 3 is 1.29 bits per heavy atom. The van der Waals surface area contributed by atoms with E-state index in [0.717, 1.165) is 69.1 Å². The maximum Gasteiger partial charge on any atom is 0.243 e. The van der Waals surface area contributed by atoms with Gasteiger partial charge in [0.05, 0.1) is 12.6 Å². The van der Waals surface area contributed by atoms with Gasteiger partial charge in [0.1, 0.15) is 17.7 Å². The lowest BCUT2D eigenvalue weighted by atomic mass is 9.49. The molecule has 7 atom stereocenters. The molecule has 14 heteroatoms. The second-order valence-electron chi connectivity index (χ2n) is 21.1. The summed E-state index contributed by atoms with van der Waals surface area (Å²) in [7, 11) is 0. The summed E-state index contributed by atoms with van der Waals surface area (Å²) < 4.78 is 5.39. The highest BCUT2D eigenvalue weighted by Crippen LogP contribution is 2.61. The second kappa shape index (κ2) is 26.7. The third-order valence-electron chi connectivity index (χ3n) is 15.4. The lowest BCUT2D eigenvalue weighted by Gasteiger charge is -2.56. The van der Waals surface area contributed by atoms with Gasteiger partial charge in [-0.2, -0.15) is 0 Å². The van der Waals surface area contributed by atoms with Crippen molar-refractivity contribution in [3.8, 4) is 0 Å². The normalized spacial score (nSPS) is 25.6. The number of epoxide rings is 1. The first-order valence-corrected chi connectivity index (χ1v) is 25.9. The maximum absolute atomic E-state index is 13.7. The van der Waals surface area contributed by atoms with Gasteiger partial charge in [0.15, 0.2) is 5.78 Å². The van der Waals surface area contributed by atoms with Crippen molar-refractivity contribution in [2.45, 2.75) is 213 Å². The predicted molar refractivity (Wildman–Crippen MR) is 253 cm³/mol. The summed E-state index contributed by atoms with van der Waals surface area (Å²) in [6.07, 6.45) is 18.9. The first-order valence-electron chi connectivity index (χ1n) is 25.9. The fourth-order valence-corrected chi connectivity index (χ4v) is 10.9. The molecule has 0 aromatic carbocycles. The molecule has 4 saturated carbocycles. The third kappa shape index (κ3) is 17.6. The van der Waals surface area contributed by atoms with Crippen molar-refractivity contribution in [1.82, 2.24) is 31.9 Å². The van der Waals surface area contributed by atoms with Gasteiger partial charge in [0.25, 0.3) is 0 Å². The van der Waals surface area contributed by atoms with E-state index < -0.39 is 35.5 Å². The van der Waals surface area contributed by atoms with Crippen LogP contribution in [0.4, 0.5) is 0 Å². The number of ether oxygens (including phenoxy) is 1. The van der Waals surface area contributed by atoms with E-state index in [-0.39, 0.29) is 59.0 Å². The van der Waals surface area contributed by atoms with E-state index >= 15 is 0 Å². The van der Waals surface area contributed by atoms with Crippen molar-refractivity contribution in [2.75, 3.05) is 26.2 Å². The van der Waals surface area contributed by atoms with E-state index in [9.17, 15) is 33.6 Å². The van der Waals surface area contributed by atoms with E-state index in [4.69, 9.17) is 4.74 Å². The smallest absolute Gasteiger partial charge is 0.243 e. The summed E-state index contributed by atoms with van der Waals surface area (Å²) in [5.74, 6) is 1.09. The first-order chi connectivity index (χ1) is 31.0. The molecule has 14 nitrogen and oxygen atoms in total. The minimum atomic E-state index is -0.891. The van der Waals surface area contributed by atoms with Crippen LogP contribution in [0.3, 0.4) is 0 Å². The standard InChI is InChI=1S/C51H88N6O8/c1-8-34(4)44(47(62)50(7)33-65-50)56-49(64)46(36(6)10-3)57-48(63)45(35(5)9-2)55-42(60)22-16-13-18-24-53-40(58)20-14-11-17-23-52-41(59)21-15-12-19-25-54-43(61)32-51-29-37-26-38(30-51)28-39(27-37)31-51/h34-39,44-46H,8-33H2,1-7H3,(H,52,59)(H,53,58)(H,54,61)(H,55,60)(H,56,64)(H,57,63)/t34-,35-,36-,37?,38?,39?,44-,45-,46-,50+,51?/m0/s1. The lowest BCUT2D eigenvalue weighted by molar-refractivity contribution is -0.136. The lowest BCUT2D eigenvalue weighted by Crippen LogP contribution is -2.60. The monoisotopic (exact) mass is 913 g/mol. The molecule has 6 N–H and O–H groups in total. The Balaban J connectivity index is 0.997. The van der Waals surface area contributed by atoms with Gasteiger partial charge in [-0.3, -0.25) is 33.6 Å². The number of hydrogen-bond acceptors (Lipinski definition) is 8. The molecule has 1 saturated heterocycles. The number of ketones is 1. The number of unbranched alkanes of at least 4 members (excludes halogenated alkanes) is 6. The highest BCUT2D eigenvalue weighted by molar-refractivity contribution is 5.98. The molecule has 1 aliphatic heterocycles. The van der Waals surface area contributed by atoms with Crippen molar-refractivity contribution < 1.29 is 38.3 Å². The SMILES string of the molecule is CC[C@H](C)[C@H](NC(=O)CCCCCNC(=O)CCCCCNC(=O)CCCCCNC(=O)CC12CC3CC(CC(C3)C1)C2)C(=O)N[C@H](C(=O)N[C@H](C(=O)[C@@]1(C)CO1)[C@@H](C)CC)[C@@H](C)CC. The molecule has 5 aliphatic rings. The number of nitrogens with one attached hydrogen (secondary N) is 6. The quantitative estimate of drug-likeness (QED) is 0.0313. The highest BCUT2D eigenvalue weighted by atomic mass is 16.6. The Kier molecular flexibility index (Phi) is 22.2. The zero-order chi connectivity index (χ0) is 47.6. The summed E-state index contributed by atoms with van der Waals surface area (Å²) in [5, 5.41) is 17.9.